The molecule has 0 atom stereocenters. The van der Waals surface area contributed by atoms with Crippen LogP contribution >= 0.6 is 11.6 Å². The second-order valence-electron chi connectivity index (χ2n) is 4.34. The zero-order valence-corrected chi connectivity index (χ0v) is 12.2. The van der Waals surface area contributed by atoms with Crippen LogP contribution in [0.15, 0.2) is 22.5 Å². The highest BCUT2D eigenvalue weighted by atomic mass is 35.5. The minimum Gasteiger partial charge on any atom is -0.341 e. The monoisotopic (exact) mass is 326 g/mol. The van der Waals surface area contributed by atoms with Gasteiger partial charge in [0.2, 0.25) is 0 Å². The van der Waals surface area contributed by atoms with Crippen molar-refractivity contribution in [2.24, 2.45) is 10.2 Å². The first-order valence-electron chi connectivity index (χ1n) is 5.97. The Kier molecular flexibility index (Phi) is 4.94. The number of hydrogen-bond donors (Lipinski definition) is 0. The van der Waals surface area contributed by atoms with E-state index in [0.29, 0.717) is 5.56 Å². The number of nitro groups is 1. The van der Waals surface area contributed by atoms with Gasteiger partial charge in [-0.1, -0.05) is 16.7 Å². The summed E-state index contributed by atoms with van der Waals surface area (Å²) in [5.74, 6) is 0.163. The summed E-state index contributed by atoms with van der Waals surface area (Å²) in [6.45, 7) is 0.567. The van der Waals surface area contributed by atoms with Gasteiger partial charge in [0.1, 0.15) is 23.7 Å². The van der Waals surface area contributed by atoms with Crippen LogP contribution in [0, 0.1) is 10.1 Å². The lowest BCUT2D eigenvalue weighted by Gasteiger charge is -2.34. The molecule has 0 saturated carbocycles. The van der Waals surface area contributed by atoms with Crippen molar-refractivity contribution in [3.8, 4) is 0 Å². The Labute approximate surface area is 129 Å². The van der Waals surface area contributed by atoms with Crippen LogP contribution in [0.25, 0.3) is 10.4 Å². The fraction of sp³-hybridized carbons (Fsp3) is 0.400. The zero-order chi connectivity index (χ0) is 16.1. The summed E-state index contributed by atoms with van der Waals surface area (Å²) in [6.07, 6.45) is 1.48. The Morgan fingerprint density at radius 3 is 3.09 bits per heavy atom. The normalized spacial score (nSPS) is 16.5. The number of hydrazone groups is 1. The molecule has 1 fully saturated rings. The number of hydrogen-bond acceptors (Lipinski definition) is 5. The highest BCUT2D eigenvalue weighted by Gasteiger charge is 2.25. The number of aromatic nitrogens is 1. The molecular formula is C10H11ClN8O3. The highest BCUT2D eigenvalue weighted by molar-refractivity contribution is 6.31. The first-order valence-corrected chi connectivity index (χ1v) is 6.35. The smallest absolute Gasteiger partial charge is 0.277 e. The van der Waals surface area contributed by atoms with Crippen LogP contribution in [0.1, 0.15) is 5.56 Å². The molecule has 0 amide bonds. The molecule has 12 heteroatoms. The molecule has 0 unspecified atom stereocenters. The van der Waals surface area contributed by atoms with Crippen molar-refractivity contribution < 1.29 is 9.77 Å². The minimum atomic E-state index is -0.768. The quantitative estimate of drug-likeness (QED) is 0.207. The van der Waals surface area contributed by atoms with Gasteiger partial charge < -0.3 is 14.5 Å². The van der Waals surface area contributed by atoms with Crippen molar-refractivity contribution in [3.05, 3.63) is 43.5 Å². The van der Waals surface area contributed by atoms with E-state index in [9.17, 15) is 10.1 Å². The van der Waals surface area contributed by atoms with E-state index < -0.39 is 5.03 Å². The molecule has 1 aromatic rings. The molecule has 2 heterocycles. The lowest BCUT2D eigenvalue weighted by Crippen LogP contribution is -2.49. The van der Waals surface area contributed by atoms with Gasteiger partial charge in [-0.05, 0) is 17.2 Å². The molecule has 1 aromatic heterocycles. The minimum absolute atomic E-state index is 0.0766. The van der Waals surface area contributed by atoms with Gasteiger partial charge in [-0.15, -0.1) is 0 Å². The average Bonchev–Trinajstić information content (AvgIpc) is 2.46. The maximum atomic E-state index is 10.6. The van der Waals surface area contributed by atoms with Crippen molar-refractivity contribution in [2.75, 3.05) is 20.5 Å². The van der Waals surface area contributed by atoms with Gasteiger partial charge in [-0.25, -0.2) is 15.1 Å². The van der Waals surface area contributed by atoms with Gasteiger partial charge >= 0.3 is 0 Å². The van der Waals surface area contributed by atoms with Crippen LogP contribution in [0.5, 0.6) is 0 Å². The van der Waals surface area contributed by atoms with Crippen LogP contribution in [0.3, 0.4) is 0 Å². The molecule has 22 heavy (non-hydrogen) atoms. The largest absolute Gasteiger partial charge is 0.341 e. The number of rotatable bonds is 4. The standard InChI is InChI=1S/C10H11ClN8O3/c1-17-5-22-6-18(10(17)15-19(20)21)4-7-2-8(14-16-12)9(11)13-3-7/h2-3H,4-6H2,1H3/b15-10+. The average molecular weight is 327 g/mol. The third kappa shape index (κ3) is 3.73. The lowest BCUT2D eigenvalue weighted by atomic mass is 10.2. The van der Waals surface area contributed by atoms with E-state index in [0.717, 1.165) is 0 Å². The third-order valence-electron chi connectivity index (χ3n) is 2.73. The second kappa shape index (κ2) is 6.89. The number of nitrogens with zero attached hydrogens (tertiary/aromatic N) is 8. The van der Waals surface area contributed by atoms with Crippen LogP contribution in [0.4, 0.5) is 5.69 Å². The van der Waals surface area contributed by atoms with Crippen molar-refractivity contribution in [1.82, 2.24) is 14.8 Å². The summed E-state index contributed by atoms with van der Waals surface area (Å²) in [4.78, 5) is 20.3. The molecule has 0 aliphatic carbocycles. The fourth-order valence-electron chi connectivity index (χ4n) is 1.88. The molecule has 0 N–H and O–H groups in total. The van der Waals surface area contributed by atoms with Gasteiger partial charge in [0, 0.05) is 24.7 Å². The van der Waals surface area contributed by atoms with Crippen molar-refractivity contribution in [1.29, 1.82) is 0 Å². The predicted octanol–water partition coefficient (Wildman–Crippen LogP) is 1.90. The van der Waals surface area contributed by atoms with Gasteiger partial charge in [0.15, 0.2) is 5.03 Å². The summed E-state index contributed by atoms with van der Waals surface area (Å²) in [6, 6.07) is 1.55. The fourth-order valence-corrected chi connectivity index (χ4v) is 2.02. The SMILES string of the molecule is CN1COCN(Cc2cnc(Cl)c(N=[N+]=[N-])c2)/C1=N/[N+](=O)[O-]. The van der Waals surface area contributed by atoms with E-state index in [2.05, 4.69) is 20.1 Å². The number of halogens is 1. The zero-order valence-electron chi connectivity index (χ0n) is 11.5. The summed E-state index contributed by atoms with van der Waals surface area (Å²) >= 11 is 5.80. The third-order valence-corrected chi connectivity index (χ3v) is 3.02. The van der Waals surface area contributed by atoms with Crippen molar-refractivity contribution in [2.45, 2.75) is 6.54 Å². The van der Waals surface area contributed by atoms with Crippen molar-refractivity contribution in [3.63, 3.8) is 0 Å². The number of pyridine rings is 1. The number of ether oxygens (including phenoxy) is 1. The van der Waals surface area contributed by atoms with Gasteiger partial charge in [0.05, 0.1) is 5.69 Å². The van der Waals surface area contributed by atoms with E-state index >= 15 is 0 Å². The van der Waals surface area contributed by atoms with Crippen LogP contribution in [-0.4, -0.2) is 46.3 Å². The lowest BCUT2D eigenvalue weighted by molar-refractivity contribution is -0.486. The first kappa shape index (κ1) is 15.8. The Morgan fingerprint density at radius 2 is 2.41 bits per heavy atom. The molecule has 116 valence electrons. The van der Waals surface area contributed by atoms with Gasteiger partial charge in [0.25, 0.3) is 5.96 Å². The molecule has 1 saturated heterocycles. The Bertz CT molecular complexity index is 660. The molecule has 11 nitrogen and oxygen atoms in total. The molecule has 0 radical (unpaired) electrons. The summed E-state index contributed by atoms with van der Waals surface area (Å²) in [5, 5.41) is 16.7. The van der Waals surface area contributed by atoms with Crippen LogP contribution in [-0.2, 0) is 11.3 Å². The van der Waals surface area contributed by atoms with E-state index in [4.69, 9.17) is 21.9 Å². The van der Waals surface area contributed by atoms with E-state index in [1.165, 1.54) is 11.1 Å². The number of azide groups is 1. The first-order chi connectivity index (χ1) is 10.5. The Hall–Kier alpha value is -2.62. The molecule has 0 bridgehead atoms. The van der Waals surface area contributed by atoms with Crippen LogP contribution < -0.4 is 0 Å². The van der Waals surface area contributed by atoms with E-state index in [1.807, 2.05) is 0 Å². The van der Waals surface area contributed by atoms with Gasteiger partial charge in [-0.3, -0.25) is 0 Å². The molecule has 1 aliphatic rings. The molecule has 2 rings (SSSR count). The number of guanidine groups is 1. The molecule has 0 spiro atoms. The Morgan fingerprint density at radius 1 is 1.64 bits per heavy atom. The van der Waals surface area contributed by atoms with Crippen molar-refractivity contribution >= 4 is 23.2 Å². The second-order valence-corrected chi connectivity index (χ2v) is 4.70. The molecule has 1 aliphatic heterocycles. The van der Waals surface area contributed by atoms with Gasteiger partial charge in [-0.2, -0.15) is 0 Å². The summed E-state index contributed by atoms with van der Waals surface area (Å²) < 4.78 is 5.30. The summed E-state index contributed by atoms with van der Waals surface area (Å²) in [7, 11) is 1.63. The summed E-state index contributed by atoms with van der Waals surface area (Å²) in [5.41, 5.74) is 9.29. The molecule has 0 aromatic carbocycles. The van der Waals surface area contributed by atoms with E-state index in [-0.39, 0.29) is 36.8 Å². The Balaban J connectivity index is 2.26. The van der Waals surface area contributed by atoms with E-state index in [1.54, 1.807) is 18.0 Å². The maximum Gasteiger partial charge on any atom is 0.277 e. The maximum absolute atomic E-state index is 10.6. The molecular weight excluding hydrogens is 316 g/mol. The van der Waals surface area contributed by atoms with Crippen LogP contribution in [0.2, 0.25) is 5.15 Å². The topological polar surface area (TPSA) is 133 Å². The predicted molar refractivity (Wildman–Crippen MR) is 76.6 cm³/mol. The highest BCUT2D eigenvalue weighted by Crippen LogP contribution is 2.24.